The van der Waals surface area contributed by atoms with E-state index in [0.717, 1.165) is 12.1 Å². The standard InChI is InChI=1S/C17H17N7O3/c1-26-15-8-18-9-16(20-15)27-14-5-6-23(10-14)17(25)12-3-2-4-13(7-12)24-11-19-21-22-24/h2-4,7-9,11,14H,5-6,10H2,1H3. The molecule has 10 nitrogen and oxygen atoms in total. The third kappa shape index (κ3) is 3.68. The minimum Gasteiger partial charge on any atom is -0.480 e. The molecule has 1 amide bonds. The van der Waals surface area contributed by atoms with Gasteiger partial charge >= 0.3 is 0 Å². The zero-order valence-electron chi connectivity index (χ0n) is 14.6. The molecule has 1 saturated heterocycles. The summed E-state index contributed by atoms with van der Waals surface area (Å²) in [5, 5.41) is 11.1. The Morgan fingerprint density at radius 3 is 2.96 bits per heavy atom. The first-order valence-electron chi connectivity index (χ1n) is 8.38. The number of tetrazole rings is 1. The van der Waals surface area contributed by atoms with E-state index in [1.807, 2.05) is 6.07 Å². The van der Waals surface area contributed by atoms with Crippen molar-refractivity contribution in [1.82, 2.24) is 35.1 Å². The Kier molecular flexibility index (Phi) is 4.60. The smallest absolute Gasteiger partial charge is 0.254 e. The van der Waals surface area contributed by atoms with E-state index in [9.17, 15) is 4.79 Å². The van der Waals surface area contributed by atoms with Gasteiger partial charge in [-0.2, -0.15) is 4.98 Å². The highest BCUT2D eigenvalue weighted by Gasteiger charge is 2.29. The number of benzene rings is 1. The molecular weight excluding hydrogens is 350 g/mol. The molecule has 27 heavy (non-hydrogen) atoms. The second kappa shape index (κ2) is 7.36. The molecule has 0 spiro atoms. The van der Waals surface area contributed by atoms with Crippen LogP contribution in [0.4, 0.5) is 0 Å². The molecule has 0 N–H and O–H groups in total. The molecule has 138 valence electrons. The number of aromatic nitrogens is 6. The van der Waals surface area contributed by atoms with Crippen molar-refractivity contribution in [3.05, 3.63) is 48.5 Å². The van der Waals surface area contributed by atoms with Crippen LogP contribution in [0.2, 0.25) is 0 Å². The molecule has 1 atom stereocenters. The average molecular weight is 367 g/mol. The molecule has 3 heterocycles. The first-order chi connectivity index (χ1) is 13.2. The number of nitrogens with zero attached hydrogens (tertiary/aromatic N) is 7. The zero-order chi connectivity index (χ0) is 18.6. The summed E-state index contributed by atoms with van der Waals surface area (Å²) in [5.41, 5.74) is 1.30. The molecule has 3 aromatic rings. The van der Waals surface area contributed by atoms with Gasteiger partial charge < -0.3 is 14.4 Å². The number of hydrogen-bond acceptors (Lipinski definition) is 8. The van der Waals surface area contributed by atoms with Crippen LogP contribution in [0.25, 0.3) is 5.69 Å². The number of methoxy groups -OCH3 is 1. The van der Waals surface area contributed by atoms with Crippen molar-refractivity contribution >= 4 is 5.91 Å². The van der Waals surface area contributed by atoms with Gasteiger partial charge in [0.05, 0.1) is 31.7 Å². The van der Waals surface area contributed by atoms with E-state index >= 15 is 0 Å². The number of carbonyl (C=O) groups is 1. The predicted molar refractivity (Wildman–Crippen MR) is 92.7 cm³/mol. The summed E-state index contributed by atoms with van der Waals surface area (Å²) in [6.45, 7) is 1.09. The van der Waals surface area contributed by atoms with Crippen molar-refractivity contribution < 1.29 is 14.3 Å². The van der Waals surface area contributed by atoms with Gasteiger partial charge in [-0.25, -0.2) is 4.68 Å². The fraction of sp³-hybridized carbons (Fsp3) is 0.294. The van der Waals surface area contributed by atoms with Gasteiger partial charge in [0, 0.05) is 18.5 Å². The summed E-state index contributed by atoms with van der Waals surface area (Å²) in [4.78, 5) is 22.8. The molecular formula is C17H17N7O3. The minimum absolute atomic E-state index is 0.0623. The monoisotopic (exact) mass is 367 g/mol. The van der Waals surface area contributed by atoms with Crippen molar-refractivity contribution in [1.29, 1.82) is 0 Å². The van der Waals surface area contributed by atoms with Crippen LogP contribution in [0.1, 0.15) is 16.8 Å². The van der Waals surface area contributed by atoms with E-state index in [-0.39, 0.29) is 12.0 Å². The van der Waals surface area contributed by atoms with Crippen molar-refractivity contribution in [3.8, 4) is 17.4 Å². The molecule has 0 saturated carbocycles. The number of carbonyl (C=O) groups excluding carboxylic acids is 1. The van der Waals surface area contributed by atoms with E-state index in [1.54, 1.807) is 23.1 Å². The summed E-state index contributed by atoms with van der Waals surface area (Å²) in [7, 11) is 1.52. The highest BCUT2D eigenvalue weighted by molar-refractivity contribution is 5.95. The minimum atomic E-state index is -0.141. The maximum absolute atomic E-state index is 12.8. The molecule has 1 aromatic carbocycles. The Balaban J connectivity index is 1.43. The number of hydrogen-bond donors (Lipinski definition) is 0. The summed E-state index contributed by atoms with van der Waals surface area (Å²) in [5.74, 6) is 0.708. The second-order valence-corrected chi connectivity index (χ2v) is 5.98. The molecule has 0 bridgehead atoms. The van der Waals surface area contributed by atoms with Gasteiger partial charge in [-0.15, -0.1) is 5.10 Å². The molecule has 0 radical (unpaired) electrons. The van der Waals surface area contributed by atoms with Crippen LogP contribution in [-0.2, 0) is 0 Å². The largest absolute Gasteiger partial charge is 0.480 e. The van der Waals surface area contributed by atoms with E-state index in [1.165, 1.54) is 30.5 Å². The zero-order valence-corrected chi connectivity index (χ0v) is 14.6. The summed E-state index contributed by atoms with van der Waals surface area (Å²) < 4.78 is 12.4. The lowest BCUT2D eigenvalue weighted by Crippen LogP contribution is -2.31. The second-order valence-electron chi connectivity index (χ2n) is 5.98. The number of amides is 1. The van der Waals surface area contributed by atoms with Crippen LogP contribution < -0.4 is 9.47 Å². The highest BCUT2D eigenvalue weighted by atomic mass is 16.5. The fourth-order valence-electron chi connectivity index (χ4n) is 2.91. The van der Waals surface area contributed by atoms with Gasteiger partial charge in [0.1, 0.15) is 12.4 Å². The normalized spacial score (nSPS) is 16.3. The lowest BCUT2D eigenvalue weighted by atomic mass is 10.2. The number of likely N-dealkylation sites (tertiary alicyclic amines) is 1. The molecule has 0 aliphatic carbocycles. The van der Waals surface area contributed by atoms with Crippen LogP contribution in [0.15, 0.2) is 43.0 Å². The summed E-state index contributed by atoms with van der Waals surface area (Å²) >= 11 is 0. The molecule has 10 heteroatoms. The Hall–Kier alpha value is -3.56. The topological polar surface area (TPSA) is 108 Å². The van der Waals surface area contributed by atoms with Crippen LogP contribution in [0.3, 0.4) is 0 Å². The Bertz CT molecular complexity index is 932. The van der Waals surface area contributed by atoms with Crippen molar-refractivity contribution in [2.45, 2.75) is 12.5 Å². The van der Waals surface area contributed by atoms with E-state index in [4.69, 9.17) is 9.47 Å². The molecule has 2 aromatic heterocycles. The van der Waals surface area contributed by atoms with Crippen LogP contribution in [-0.4, -0.2) is 67.3 Å². The SMILES string of the molecule is COc1cncc(OC2CCN(C(=O)c3cccc(-n4cnnn4)c3)C2)n1. The number of ether oxygens (including phenoxy) is 2. The highest BCUT2D eigenvalue weighted by Crippen LogP contribution is 2.20. The summed E-state index contributed by atoms with van der Waals surface area (Å²) in [6, 6.07) is 7.18. The quantitative estimate of drug-likeness (QED) is 0.650. The van der Waals surface area contributed by atoms with E-state index in [0.29, 0.717) is 30.4 Å². The van der Waals surface area contributed by atoms with Crippen molar-refractivity contribution in [2.75, 3.05) is 20.2 Å². The van der Waals surface area contributed by atoms with Crippen LogP contribution >= 0.6 is 0 Å². The maximum atomic E-state index is 12.8. The van der Waals surface area contributed by atoms with Crippen molar-refractivity contribution in [2.24, 2.45) is 0 Å². The summed E-state index contributed by atoms with van der Waals surface area (Å²) in [6.07, 6.45) is 5.10. The van der Waals surface area contributed by atoms with Gasteiger partial charge in [-0.1, -0.05) is 6.07 Å². The van der Waals surface area contributed by atoms with Crippen LogP contribution in [0, 0.1) is 0 Å². The van der Waals surface area contributed by atoms with Gasteiger partial charge in [-0.3, -0.25) is 9.78 Å². The molecule has 4 rings (SSSR count). The number of rotatable bonds is 5. The van der Waals surface area contributed by atoms with E-state index in [2.05, 4.69) is 25.5 Å². The first-order valence-corrected chi connectivity index (χ1v) is 8.38. The average Bonchev–Trinajstić information content (AvgIpc) is 3.40. The molecule has 1 aliphatic rings. The molecule has 1 unspecified atom stereocenters. The van der Waals surface area contributed by atoms with Gasteiger partial charge in [0.15, 0.2) is 0 Å². The first kappa shape index (κ1) is 16.9. The molecule has 1 fully saturated rings. The van der Waals surface area contributed by atoms with Gasteiger partial charge in [-0.05, 0) is 28.6 Å². The predicted octanol–water partition coefficient (Wildman–Crippen LogP) is 0.754. The maximum Gasteiger partial charge on any atom is 0.254 e. The lowest BCUT2D eigenvalue weighted by molar-refractivity contribution is 0.0771. The van der Waals surface area contributed by atoms with Crippen LogP contribution in [0.5, 0.6) is 11.8 Å². The van der Waals surface area contributed by atoms with Crippen molar-refractivity contribution in [3.63, 3.8) is 0 Å². The Morgan fingerprint density at radius 1 is 1.26 bits per heavy atom. The Morgan fingerprint density at radius 2 is 2.15 bits per heavy atom. The van der Waals surface area contributed by atoms with E-state index < -0.39 is 0 Å². The third-order valence-electron chi connectivity index (χ3n) is 4.23. The third-order valence-corrected chi connectivity index (χ3v) is 4.23. The lowest BCUT2D eigenvalue weighted by Gasteiger charge is -2.17. The fourth-order valence-corrected chi connectivity index (χ4v) is 2.91. The molecule has 1 aliphatic heterocycles. The Labute approximate surface area is 154 Å². The van der Waals surface area contributed by atoms with Gasteiger partial charge in [0.25, 0.3) is 5.91 Å². The van der Waals surface area contributed by atoms with Gasteiger partial charge in [0.2, 0.25) is 11.8 Å².